The number of aryl methyl sites for hydroxylation is 1. The van der Waals surface area contributed by atoms with E-state index in [1.807, 2.05) is 37.3 Å². The Hall–Kier alpha value is -3.81. The van der Waals surface area contributed by atoms with Crippen LogP contribution in [0.4, 0.5) is 5.69 Å². The molecule has 0 aliphatic heterocycles. The maximum Gasteiger partial charge on any atom is 0.276 e. The molecule has 1 aromatic heterocycles. The molecule has 0 bridgehead atoms. The summed E-state index contributed by atoms with van der Waals surface area (Å²) < 4.78 is 12.3. The molecule has 8 heteroatoms. The smallest absolute Gasteiger partial charge is 0.276 e. The van der Waals surface area contributed by atoms with Crippen molar-refractivity contribution in [1.82, 2.24) is 14.7 Å². The van der Waals surface area contributed by atoms with Crippen LogP contribution in [0, 0.1) is 6.92 Å². The van der Waals surface area contributed by atoms with Crippen LogP contribution in [-0.4, -0.2) is 54.8 Å². The van der Waals surface area contributed by atoms with Gasteiger partial charge in [0.2, 0.25) is 0 Å². The van der Waals surface area contributed by atoms with Crippen molar-refractivity contribution in [3.05, 3.63) is 65.5 Å². The van der Waals surface area contributed by atoms with Crippen molar-refractivity contribution in [2.24, 2.45) is 0 Å². The maximum absolute atomic E-state index is 12.9. The minimum absolute atomic E-state index is 0.231. The fraction of sp³-hybridized carbons (Fsp3) is 0.227. The van der Waals surface area contributed by atoms with Crippen molar-refractivity contribution in [2.45, 2.75) is 6.92 Å². The molecule has 8 nitrogen and oxygen atoms in total. The van der Waals surface area contributed by atoms with Gasteiger partial charge in [-0.1, -0.05) is 18.2 Å². The van der Waals surface area contributed by atoms with E-state index in [1.165, 1.54) is 19.1 Å². The molecule has 0 unspecified atom stereocenters. The molecule has 3 aromatic rings. The highest BCUT2D eigenvalue weighted by atomic mass is 16.5. The lowest BCUT2D eigenvalue weighted by atomic mass is 10.1. The SMILES string of the molecule is COc1cc(NC(=O)c2cc(C)n(-c3ccccc3)n2)c(C(=O)N(C)C)cc1OC. The second-order valence-corrected chi connectivity index (χ2v) is 6.82. The predicted octanol–water partition coefficient (Wildman–Crippen LogP) is 3.15. The Morgan fingerprint density at radius 3 is 2.23 bits per heavy atom. The van der Waals surface area contributed by atoms with Gasteiger partial charge in [0, 0.05) is 25.9 Å². The van der Waals surface area contributed by atoms with Gasteiger partial charge in [0.25, 0.3) is 11.8 Å². The molecule has 2 aromatic carbocycles. The third-order valence-electron chi connectivity index (χ3n) is 4.53. The number of hydrogen-bond donors (Lipinski definition) is 1. The number of anilines is 1. The lowest BCUT2D eigenvalue weighted by Gasteiger charge is -2.17. The summed E-state index contributed by atoms with van der Waals surface area (Å²) >= 11 is 0. The van der Waals surface area contributed by atoms with Crippen LogP contribution in [0.15, 0.2) is 48.5 Å². The van der Waals surface area contributed by atoms with Crippen LogP contribution in [0.25, 0.3) is 5.69 Å². The van der Waals surface area contributed by atoms with Gasteiger partial charge in [0.05, 0.1) is 31.2 Å². The van der Waals surface area contributed by atoms with Crippen molar-refractivity contribution in [3.8, 4) is 17.2 Å². The maximum atomic E-state index is 12.9. The van der Waals surface area contributed by atoms with E-state index in [2.05, 4.69) is 10.4 Å². The molecule has 0 atom stereocenters. The molecular formula is C22H24N4O4. The molecule has 0 aliphatic carbocycles. The van der Waals surface area contributed by atoms with E-state index >= 15 is 0 Å². The molecule has 156 valence electrons. The molecule has 3 rings (SSSR count). The van der Waals surface area contributed by atoms with Gasteiger partial charge < -0.3 is 19.7 Å². The molecule has 30 heavy (non-hydrogen) atoms. The van der Waals surface area contributed by atoms with E-state index in [1.54, 1.807) is 37.0 Å². The van der Waals surface area contributed by atoms with Gasteiger partial charge in [-0.05, 0) is 31.2 Å². The standard InChI is InChI=1S/C22H24N4O4/c1-14-11-18(24-26(14)15-9-7-6-8-10-15)21(27)23-17-13-20(30-5)19(29-4)12-16(17)22(28)25(2)3/h6-13H,1-5H3,(H,23,27). The fourth-order valence-electron chi connectivity index (χ4n) is 3.00. The first-order chi connectivity index (χ1) is 14.3. The van der Waals surface area contributed by atoms with E-state index in [9.17, 15) is 9.59 Å². The van der Waals surface area contributed by atoms with E-state index in [-0.39, 0.29) is 17.2 Å². The van der Waals surface area contributed by atoms with Crippen LogP contribution in [0.1, 0.15) is 26.5 Å². The first-order valence-electron chi connectivity index (χ1n) is 9.26. The molecule has 1 heterocycles. The summed E-state index contributed by atoms with van der Waals surface area (Å²) in [6.07, 6.45) is 0. The normalized spacial score (nSPS) is 10.4. The Labute approximate surface area is 175 Å². The minimum Gasteiger partial charge on any atom is -0.493 e. The summed E-state index contributed by atoms with van der Waals surface area (Å²) in [5.74, 6) is 0.0732. The summed E-state index contributed by atoms with van der Waals surface area (Å²) in [5, 5.41) is 7.20. The summed E-state index contributed by atoms with van der Waals surface area (Å²) in [5.41, 5.74) is 2.48. The zero-order chi connectivity index (χ0) is 21.8. The van der Waals surface area contributed by atoms with Crippen molar-refractivity contribution in [3.63, 3.8) is 0 Å². The van der Waals surface area contributed by atoms with Crippen LogP contribution >= 0.6 is 0 Å². The number of methoxy groups -OCH3 is 2. The number of hydrogen-bond acceptors (Lipinski definition) is 5. The van der Waals surface area contributed by atoms with E-state index in [4.69, 9.17) is 9.47 Å². The molecule has 1 N–H and O–H groups in total. The molecule has 2 amide bonds. The summed E-state index contributed by atoms with van der Waals surface area (Å²) in [6.45, 7) is 1.87. The molecule has 0 spiro atoms. The Balaban J connectivity index is 1.97. The Bertz CT molecular complexity index is 1070. The number of rotatable bonds is 6. The second-order valence-electron chi connectivity index (χ2n) is 6.82. The van der Waals surface area contributed by atoms with E-state index in [0.717, 1.165) is 11.4 Å². The predicted molar refractivity (Wildman–Crippen MR) is 114 cm³/mol. The van der Waals surface area contributed by atoms with Crippen LogP contribution in [-0.2, 0) is 0 Å². The number of amides is 2. The average molecular weight is 408 g/mol. The monoisotopic (exact) mass is 408 g/mol. The van der Waals surface area contributed by atoms with E-state index < -0.39 is 5.91 Å². The van der Waals surface area contributed by atoms with Gasteiger partial charge in [0.1, 0.15) is 0 Å². The average Bonchev–Trinajstić information content (AvgIpc) is 3.15. The van der Waals surface area contributed by atoms with Crippen molar-refractivity contribution in [2.75, 3.05) is 33.6 Å². The number of carbonyl (C=O) groups excluding carboxylic acids is 2. The quantitative estimate of drug-likeness (QED) is 0.677. The largest absolute Gasteiger partial charge is 0.493 e. The lowest BCUT2D eigenvalue weighted by molar-refractivity contribution is 0.0828. The first kappa shape index (κ1) is 20.9. The van der Waals surface area contributed by atoms with Gasteiger partial charge in [-0.2, -0.15) is 5.10 Å². The molecule has 0 saturated heterocycles. The molecule has 0 radical (unpaired) electrons. The highest BCUT2D eigenvalue weighted by Gasteiger charge is 2.21. The molecule has 0 fully saturated rings. The highest BCUT2D eigenvalue weighted by Crippen LogP contribution is 2.34. The Morgan fingerprint density at radius 1 is 1.00 bits per heavy atom. The Morgan fingerprint density at radius 2 is 1.63 bits per heavy atom. The molecule has 0 aliphatic rings. The number of benzene rings is 2. The number of ether oxygens (including phenoxy) is 2. The van der Waals surface area contributed by atoms with Crippen LogP contribution in [0.5, 0.6) is 11.5 Å². The van der Waals surface area contributed by atoms with Crippen LogP contribution < -0.4 is 14.8 Å². The molecular weight excluding hydrogens is 384 g/mol. The zero-order valence-electron chi connectivity index (χ0n) is 17.6. The number of nitrogens with zero attached hydrogens (tertiary/aromatic N) is 3. The number of nitrogens with one attached hydrogen (secondary N) is 1. The van der Waals surface area contributed by atoms with Gasteiger partial charge in [0.15, 0.2) is 17.2 Å². The van der Waals surface area contributed by atoms with Gasteiger partial charge in [-0.15, -0.1) is 0 Å². The van der Waals surface area contributed by atoms with Gasteiger partial charge in [-0.25, -0.2) is 4.68 Å². The van der Waals surface area contributed by atoms with Crippen molar-refractivity contribution < 1.29 is 19.1 Å². The van der Waals surface area contributed by atoms with Gasteiger partial charge in [-0.3, -0.25) is 9.59 Å². The third-order valence-corrected chi connectivity index (χ3v) is 4.53. The summed E-state index contributed by atoms with van der Waals surface area (Å²) in [7, 11) is 6.24. The van der Waals surface area contributed by atoms with Crippen LogP contribution in [0.2, 0.25) is 0 Å². The third kappa shape index (κ3) is 4.12. The summed E-state index contributed by atoms with van der Waals surface area (Å²) in [6, 6.07) is 14.3. The fourth-order valence-corrected chi connectivity index (χ4v) is 3.00. The highest BCUT2D eigenvalue weighted by molar-refractivity contribution is 6.08. The number of aromatic nitrogens is 2. The van der Waals surface area contributed by atoms with Crippen LogP contribution in [0.3, 0.4) is 0 Å². The second kappa shape index (κ2) is 8.69. The number of carbonyl (C=O) groups is 2. The van der Waals surface area contributed by atoms with Crippen molar-refractivity contribution in [1.29, 1.82) is 0 Å². The topological polar surface area (TPSA) is 85.7 Å². The lowest BCUT2D eigenvalue weighted by Crippen LogP contribution is -2.24. The van der Waals surface area contributed by atoms with E-state index in [0.29, 0.717) is 17.2 Å². The Kier molecular flexibility index (Phi) is 6.06. The first-order valence-corrected chi connectivity index (χ1v) is 9.26. The van der Waals surface area contributed by atoms with Gasteiger partial charge >= 0.3 is 0 Å². The zero-order valence-corrected chi connectivity index (χ0v) is 17.6. The van der Waals surface area contributed by atoms with Crippen molar-refractivity contribution >= 4 is 17.5 Å². The minimum atomic E-state index is -0.437. The number of para-hydroxylation sites is 1. The summed E-state index contributed by atoms with van der Waals surface area (Å²) in [4.78, 5) is 27.0. The molecule has 0 saturated carbocycles.